The molecule has 0 aliphatic carbocycles. The number of nitrogens with one attached hydrogen (secondary N) is 2. The second-order valence-corrected chi connectivity index (χ2v) is 7.83. The van der Waals surface area contributed by atoms with Gasteiger partial charge in [0.2, 0.25) is 0 Å². The van der Waals surface area contributed by atoms with Gasteiger partial charge >= 0.3 is 0 Å². The fourth-order valence-electron chi connectivity index (χ4n) is 3.89. The van der Waals surface area contributed by atoms with Gasteiger partial charge in [0.15, 0.2) is 0 Å². The third-order valence-electron chi connectivity index (χ3n) is 5.21. The van der Waals surface area contributed by atoms with E-state index in [9.17, 15) is 4.79 Å². The van der Waals surface area contributed by atoms with Gasteiger partial charge in [0.25, 0.3) is 5.91 Å². The molecule has 0 bridgehead atoms. The molecule has 0 fully saturated rings. The monoisotopic (exact) mass is 378 g/mol. The first kappa shape index (κ1) is 18.5. The minimum atomic E-state index is -0.659. The molecule has 1 amide bonds. The molecule has 2 N–H and O–H groups in total. The van der Waals surface area contributed by atoms with Gasteiger partial charge < -0.3 is 19.8 Å². The van der Waals surface area contributed by atoms with Gasteiger partial charge in [-0.3, -0.25) is 4.79 Å². The topological polar surface area (TPSA) is 67.7 Å². The summed E-state index contributed by atoms with van der Waals surface area (Å²) in [7, 11) is 0. The van der Waals surface area contributed by atoms with E-state index in [1.54, 1.807) is 0 Å². The summed E-state index contributed by atoms with van der Waals surface area (Å²) in [5, 5.41) is 6.46. The molecule has 1 aromatic carbocycles. The number of aromatic nitrogens is 2. The molecular formula is C22H26N4O2. The first-order valence-electron chi connectivity index (χ1n) is 9.61. The van der Waals surface area contributed by atoms with E-state index in [1.807, 2.05) is 51.2 Å². The Labute approximate surface area is 164 Å². The highest BCUT2D eigenvalue weighted by Gasteiger charge is 2.30. The van der Waals surface area contributed by atoms with Crippen LogP contribution in [0.25, 0.3) is 5.52 Å². The maximum Gasteiger partial charge on any atom is 0.255 e. The Bertz CT molecular complexity index is 1050. The van der Waals surface area contributed by atoms with Crippen LogP contribution in [0.2, 0.25) is 0 Å². The van der Waals surface area contributed by atoms with E-state index in [-0.39, 0.29) is 5.91 Å². The molecule has 1 aliphatic heterocycles. The molecule has 0 saturated heterocycles. The number of hydrogen-bond acceptors (Lipinski definition) is 4. The summed E-state index contributed by atoms with van der Waals surface area (Å²) in [4.78, 5) is 18.0. The molecule has 6 heteroatoms. The summed E-state index contributed by atoms with van der Waals surface area (Å²) < 4.78 is 7.93. The molecule has 3 aromatic rings. The molecule has 3 heterocycles. The number of benzene rings is 1. The van der Waals surface area contributed by atoms with Crippen LogP contribution in [0.5, 0.6) is 5.75 Å². The average Bonchev–Trinajstić information content (AvgIpc) is 2.85. The number of pyridine rings is 1. The first-order chi connectivity index (χ1) is 13.4. The van der Waals surface area contributed by atoms with Crippen LogP contribution in [0.4, 0.5) is 0 Å². The number of ether oxygens (including phenoxy) is 1. The van der Waals surface area contributed by atoms with Gasteiger partial charge in [-0.05, 0) is 45.4 Å². The normalized spacial score (nSPS) is 14.3. The lowest BCUT2D eigenvalue weighted by Gasteiger charge is -2.26. The standard InChI is InChI=1S/C22H26N4O2/c1-14-7-6-11-26-18(14)15(2)24-21(26)22(3,4)25-20(27)17-9-5-8-16-13-23-10-12-28-19(16)17/h5-9,11,23H,10,12-13H2,1-4H3,(H,25,27). The second kappa shape index (κ2) is 6.95. The minimum Gasteiger partial charge on any atom is -0.491 e. The molecule has 6 nitrogen and oxygen atoms in total. The average molecular weight is 378 g/mol. The van der Waals surface area contributed by atoms with Crippen LogP contribution in [-0.4, -0.2) is 28.4 Å². The summed E-state index contributed by atoms with van der Waals surface area (Å²) >= 11 is 0. The van der Waals surface area contributed by atoms with Crippen molar-refractivity contribution in [3.05, 3.63) is 64.7 Å². The van der Waals surface area contributed by atoms with Crippen LogP contribution in [-0.2, 0) is 12.1 Å². The highest BCUT2D eigenvalue weighted by molar-refractivity contribution is 5.97. The molecule has 0 radical (unpaired) electrons. The number of carbonyl (C=O) groups excluding carboxylic acids is 1. The largest absolute Gasteiger partial charge is 0.491 e. The van der Waals surface area contributed by atoms with Gasteiger partial charge in [-0.2, -0.15) is 0 Å². The second-order valence-electron chi connectivity index (χ2n) is 7.83. The van der Waals surface area contributed by atoms with Crippen molar-refractivity contribution in [1.29, 1.82) is 0 Å². The Morgan fingerprint density at radius 1 is 1.25 bits per heavy atom. The lowest BCUT2D eigenvalue weighted by atomic mass is 10.0. The summed E-state index contributed by atoms with van der Waals surface area (Å²) in [6.07, 6.45) is 1.99. The molecule has 146 valence electrons. The predicted molar refractivity (Wildman–Crippen MR) is 109 cm³/mol. The maximum atomic E-state index is 13.2. The Morgan fingerprint density at radius 3 is 2.89 bits per heavy atom. The number of amides is 1. The third kappa shape index (κ3) is 3.14. The van der Waals surface area contributed by atoms with E-state index >= 15 is 0 Å². The summed E-state index contributed by atoms with van der Waals surface area (Å²) in [6.45, 7) is 10.0. The molecule has 0 unspecified atom stereocenters. The number of aryl methyl sites for hydroxylation is 2. The number of imidazole rings is 1. The number of para-hydroxylation sites is 1. The number of nitrogens with zero attached hydrogens (tertiary/aromatic N) is 2. The van der Waals surface area contributed by atoms with Crippen LogP contribution < -0.4 is 15.4 Å². The zero-order valence-electron chi connectivity index (χ0n) is 16.8. The van der Waals surface area contributed by atoms with Gasteiger partial charge in [-0.25, -0.2) is 4.98 Å². The molecule has 4 rings (SSSR count). The molecule has 0 spiro atoms. The molecule has 0 saturated carbocycles. The highest BCUT2D eigenvalue weighted by atomic mass is 16.5. The van der Waals surface area contributed by atoms with Gasteiger partial charge in [0.05, 0.1) is 22.3 Å². The van der Waals surface area contributed by atoms with Gasteiger partial charge in [-0.15, -0.1) is 0 Å². The lowest BCUT2D eigenvalue weighted by Crippen LogP contribution is -2.42. The van der Waals surface area contributed by atoms with Crippen molar-refractivity contribution in [2.24, 2.45) is 0 Å². The molecule has 28 heavy (non-hydrogen) atoms. The Balaban J connectivity index is 1.70. The van der Waals surface area contributed by atoms with Gasteiger partial charge in [0.1, 0.15) is 18.2 Å². The summed E-state index contributed by atoms with van der Waals surface area (Å²) in [6, 6.07) is 9.78. The van der Waals surface area contributed by atoms with Crippen LogP contribution in [0.3, 0.4) is 0 Å². The Kier molecular flexibility index (Phi) is 4.59. The van der Waals surface area contributed by atoms with E-state index in [0.717, 1.165) is 34.7 Å². The van der Waals surface area contributed by atoms with Crippen molar-refractivity contribution in [2.45, 2.75) is 39.8 Å². The molecule has 2 aromatic heterocycles. The number of carbonyl (C=O) groups is 1. The fraction of sp³-hybridized carbons (Fsp3) is 0.364. The van der Waals surface area contributed by atoms with E-state index in [1.165, 1.54) is 0 Å². The molecular weight excluding hydrogens is 352 g/mol. The van der Waals surface area contributed by atoms with E-state index in [2.05, 4.69) is 28.0 Å². The van der Waals surface area contributed by atoms with E-state index < -0.39 is 5.54 Å². The zero-order chi connectivity index (χ0) is 19.9. The highest BCUT2D eigenvalue weighted by Crippen LogP contribution is 2.28. The van der Waals surface area contributed by atoms with Gasteiger partial charge in [0, 0.05) is 24.8 Å². The third-order valence-corrected chi connectivity index (χ3v) is 5.21. The van der Waals surface area contributed by atoms with E-state index in [0.29, 0.717) is 24.5 Å². The lowest BCUT2D eigenvalue weighted by molar-refractivity contribution is 0.0904. The van der Waals surface area contributed by atoms with Crippen LogP contribution >= 0.6 is 0 Å². The number of hydrogen-bond donors (Lipinski definition) is 2. The quantitative estimate of drug-likeness (QED) is 0.735. The molecule has 0 atom stereocenters. The number of rotatable bonds is 3. The summed E-state index contributed by atoms with van der Waals surface area (Å²) in [5.74, 6) is 1.31. The Hall–Kier alpha value is -2.86. The van der Waals surface area contributed by atoms with Crippen LogP contribution in [0, 0.1) is 13.8 Å². The van der Waals surface area contributed by atoms with Gasteiger partial charge in [-0.1, -0.05) is 18.2 Å². The predicted octanol–water partition coefficient (Wildman–Crippen LogP) is 3.10. The smallest absolute Gasteiger partial charge is 0.255 e. The van der Waals surface area contributed by atoms with Crippen molar-refractivity contribution in [3.63, 3.8) is 0 Å². The summed E-state index contributed by atoms with van der Waals surface area (Å²) in [5.41, 5.74) is 4.11. The fourth-order valence-corrected chi connectivity index (χ4v) is 3.89. The minimum absolute atomic E-state index is 0.161. The van der Waals surface area contributed by atoms with Crippen molar-refractivity contribution < 1.29 is 9.53 Å². The SMILES string of the molecule is Cc1cccn2c(C(C)(C)NC(=O)c3cccc4c3OCCNC4)nc(C)c12. The first-order valence-corrected chi connectivity index (χ1v) is 9.61. The Morgan fingerprint density at radius 2 is 2.07 bits per heavy atom. The zero-order valence-corrected chi connectivity index (χ0v) is 16.8. The van der Waals surface area contributed by atoms with Crippen LogP contribution in [0.15, 0.2) is 36.5 Å². The molecule has 1 aliphatic rings. The van der Waals surface area contributed by atoms with Crippen molar-refractivity contribution >= 4 is 11.4 Å². The number of fused-ring (bicyclic) bond motifs is 2. The van der Waals surface area contributed by atoms with E-state index in [4.69, 9.17) is 9.72 Å². The van der Waals surface area contributed by atoms with Crippen LogP contribution in [0.1, 0.15) is 46.9 Å². The van der Waals surface area contributed by atoms with Crippen molar-refractivity contribution in [1.82, 2.24) is 20.0 Å². The van der Waals surface area contributed by atoms with Crippen molar-refractivity contribution in [2.75, 3.05) is 13.2 Å². The maximum absolute atomic E-state index is 13.2. The van der Waals surface area contributed by atoms with Crippen molar-refractivity contribution in [3.8, 4) is 5.75 Å².